The Balaban J connectivity index is 2.91. The van der Waals surface area contributed by atoms with Crippen molar-refractivity contribution in [3.63, 3.8) is 0 Å². The number of halogens is 2. The molecule has 0 aliphatic heterocycles. The van der Waals surface area contributed by atoms with E-state index in [1.165, 1.54) is 0 Å². The highest BCUT2D eigenvalue weighted by atomic mass is 35.5. The summed E-state index contributed by atoms with van der Waals surface area (Å²) < 4.78 is 42.9. The molecule has 0 saturated heterocycles. The molecule has 0 fully saturated rings. The second kappa shape index (κ2) is 21.0. The van der Waals surface area contributed by atoms with Crippen LogP contribution in [0.15, 0.2) is 0 Å². The Bertz CT molecular complexity index is 182. The molecule has 0 saturated carbocycles. The van der Waals surface area contributed by atoms with Crippen LogP contribution in [-0.4, -0.2) is 91.8 Å². The van der Waals surface area contributed by atoms with E-state index in [-0.39, 0.29) is 6.61 Å². The van der Waals surface area contributed by atoms with E-state index in [1.54, 1.807) is 0 Å². The smallest absolute Gasteiger partial charge is 0.113 e. The molecule has 0 unspecified atom stereocenters. The normalized spacial score (nSPS) is 11.2. The average molecular weight is 347 g/mol. The van der Waals surface area contributed by atoms with Crippen molar-refractivity contribution in [2.24, 2.45) is 0 Å². The van der Waals surface area contributed by atoms with Crippen LogP contribution < -0.4 is 0 Å². The minimum absolute atomic E-state index is 0.126. The van der Waals surface area contributed by atoms with Gasteiger partial charge in [-0.15, -0.1) is 11.6 Å². The van der Waals surface area contributed by atoms with Gasteiger partial charge in [0.2, 0.25) is 0 Å². The highest BCUT2D eigenvalue weighted by Crippen LogP contribution is 1.85. The molecule has 0 aromatic rings. The predicted octanol–water partition coefficient (Wildman–Crippen LogP) is 1.29. The summed E-state index contributed by atoms with van der Waals surface area (Å²) in [5.41, 5.74) is 0. The fourth-order valence-electron chi connectivity index (χ4n) is 1.31. The fourth-order valence-corrected chi connectivity index (χ4v) is 1.42. The lowest BCUT2D eigenvalue weighted by Crippen LogP contribution is -2.14. The van der Waals surface area contributed by atoms with Gasteiger partial charge >= 0.3 is 0 Å². The van der Waals surface area contributed by atoms with Crippen molar-refractivity contribution in [3.8, 4) is 0 Å². The van der Waals surface area contributed by atoms with Crippen LogP contribution in [0.3, 0.4) is 0 Å². The number of rotatable bonds is 19. The van der Waals surface area contributed by atoms with Gasteiger partial charge in [-0.25, -0.2) is 4.39 Å². The van der Waals surface area contributed by atoms with E-state index in [1.807, 2.05) is 0 Å². The third-order valence-corrected chi connectivity index (χ3v) is 2.46. The van der Waals surface area contributed by atoms with Gasteiger partial charge in [-0.3, -0.25) is 0 Å². The molecule has 0 radical (unpaired) electrons. The predicted molar refractivity (Wildman–Crippen MR) is 81.6 cm³/mol. The molecule has 0 aromatic heterocycles. The Morgan fingerprint density at radius 3 is 1.00 bits per heavy atom. The highest BCUT2D eigenvalue weighted by molar-refractivity contribution is 6.17. The van der Waals surface area contributed by atoms with Gasteiger partial charge in [0.25, 0.3) is 0 Å². The van der Waals surface area contributed by atoms with Gasteiger partial charge in [-0.2, -0.15) is 0 Å². The molecule has 0 atom stereocenters. The first-order chi connectivity index (χ1) is 10.9. The minimum atomic E-state index is -0.462. The van der Waals surface area contributed by atoms with Crippen molar-refractivity contribution in [3.05, 3.63) is 0 Å². The van der Waals surface area contributed by atoms with Gasteiger partial charge in [0.15, 0.2) is 0 Å². The SMILES string of the molecule is FCCOCCOCCOCCOCCOCCOCCCl. The number of ether oxygens (including phenoxy) is 6. The van der Waals surface area contributed by atoms with Gasteiger partial charge in [-0.1, -0.05) is 0 Å². The van der Waals surface area contributed by atoms with Crippen molar-refractivity contribution in [2.45, 2.75) is 0 Å². The Morgan fingerprint density at radius 2 is 0.727 bits per heavy atom. The molecule has 8 heteroatoms. The highest BCUT2D eigenvalue weighted by Gasteiger charge is 1.93. The Morgan fingerprint density at radius 1 is 0.455 bits per heavy atom. The molecule has 0 N–H and O–H groups in total. The van der Waals surface area contributed by atoms with Crippen molar-refractivity contribution < 1.29 is 32.8 Å². The molecule has 0 spiro atoms. The average Bonchev–Trinajstić information content (AvgIpc) is 2.54. The monoisotopic (exact) mass is 346 g/mol. The van der Waals surface area contributed by atoms with Crippen molar-refractivity contribution >= 4 is 11.6 Å². The summed E-state index contributed by atoms with van der Waals surface area (Å²) in [6, 6.07) is 0. The summed E-state index contributed by atoms with van der Waals surface area (Å²) in [4.78, 5) is 0. The topological polar surface area (TPSA) is 55.4 Å². The third-order valence-electron chi connectivity index (χ3n) is 2.30. The maximum Gasteiger partial charge on any atom is 0.113 e. The zero-order valence-electron chi connectivity index (χ0n) is 13.1. The molecule has 0 rings (SSSR count). The maximum absolute atomic E-state index is 11.7. The summed E-state index contributed by atoms with van der Waals surface area (Å²) in [5.74, 6) is 0.501. The van der Waals surface area contributed by atoms with E-state index in [0.29, 0.717) is 78.6 Å². The lowest BCUT2D eigenvalue weighted by atomic mass is 10.7. The standard InChI is InChI=1S/C14H28ClFO6/c15-1-3-17-5-7-19-9-11-21-13-14-22-12-10-20-8-6-18-4-2-16/h1-14H2. The van der Waals surface area contributed by atoms with Gasteiger partial charge in [0.05, 0.1) is 79.3 Å². The lowest BCUT2D eigenvalue weighted by molar-refractivity contribution is -0.0165. The number of hydrogen-bond acceptors (Lipinski definition) is 6. The Kier molecular flexibility index (Phi) is 21.0. The first-order valence-electron chi connectivity index (χ1n) is 7.50. The summed E-state index contributed by atoms with van der Waals surface area (Å²) in [5, 5.41) is 0. The van der Waals surface area contributed by atoms with Crippen molar-refractivity contribution in [2.75, 3.05) is 91.8 Å². The van der Waals surface area contributed by atoms with Gasteiger partial charge < -0.3 is 28.4 Å². The second-order valence-corrected chi connectivity index (χ2v) is 4.43. The molecule has 0 aromatic carbocycles. The Labute approximate surface area is 137 Å². The van der Waals surface area contributed by atoms with Crippen LogP contribution in [0.1, 0.15) is 0 Å². The molecule has 0 aliphatic rings. The van der Waals surface area contributed by atoms with Crippen LogP contribution in [0.4, 0.5) is 4.39 Å². The third kappa shape index (κ3) is 20.0. The zero-order valence-corrected chi connectivity index (χ0v) is 13.9. The van der Waals surface area contributed by atoms with Crippen LogP contribution in [0.5, 0.6) is 0 Å². The van der Waals surface area contributed by atoms with E-state index in [0.717, 1.165) is 0 Å². The van der Waals surface area contributed by atoms with Crippen LogP contribution in [0, 0.1) is 0 Å². The van der Waals surface area contributed by atoms with E-state index >= 15 is 0 Å². The van der Waals surface area contributed by atoms with E-state index < -0.39 is 6.67 Å². The van der Waals surface area contributed by atoms with Gasteiger partial charge in [0.1, 0.15) is 6.67 Å². The molecular formula is C14H28ClFO6. The second-order valence-electron chi connectivity index (χ2n) is 4.05. The first kappa shape index (κ1) is 22.0. The summed E-state index contributed by atoms with van der Waals surface area (Å²) >= 11 is 5.45. The van der Waals surface area contributed by atoms with Crippen LogP contribution in [-0.2, 0) is 28.4 Å². The van der Waals surface area contributed by atoms with E-state index in [4.69, 9.17) is 40.0 Å². The van der Waals surface area contributed by atoms with E-state index in [9.17, 15) is 4.39 Å². The lowest BCUT2D eigenvalue weighted by Gasteiger charge is -2.07. The van der Waals surface area contributed by atoms with Crippen LogP contribution in [0.2, 0.25) is 0 Å². The Hall–Kier alpha value is -0.0200. The van der Waals surface area contributed by atoms with Gasteiger partial charge in [-0.05, 0) is 0 Å². The number of alkyl halides is 2. The quantitative estimate of drug-likeness (QED) is 0.259. The summed E-state index contributed by atoms with van der Waals surface area (Å²) in [6.07, 6.45) is 0. The van der Waals surface area contributed by atoms with Crippen molar-refractivity contribution in [1.82, 2.24) is 0 Å². The van der Waals surface area contributed by atoms with Crippen molar-refractivity contribution in [1.29, 1.82) is 0 Å². The molecular weight excluding hydrogens is 319 g/mol. The van der Waals surface area contributed by atoms with Gasteiger partial charge in [0, 0.05) is 5.88 Å². The molecule has 22 heavy (non-hydrogen) atoms. The molecule has 0 amide bonds. The summed E-state index contributed by atoms with van der Waals surface area (Å²) in [6.45, 7) is 5.25. The first-order valence-corrected chi connectivity index (χ1v) is 8.03. The summed E-state index contributed by atoms with van der Waals surface area (Å²) in [7, 11) is 0. The van der Waals surface area contributed by atoms with Crippen LogP contribution in [0.25, 0.3) is 0 Å². The molecule has 0 bridgehead atoms. The maximum atomic E-state index is 11.7. The number of hydrogen-bond donors (Lipinski definition) is 0. The minimum Gasteiger partial charge on any atom is -0.378 e. The molecule has 6 nitrogen and oxygen atoms in total. The van der Waals surface area contributed by atoms with E-state index in [2.05, 4.69) is 0 Å². The largest absolute Gasteiger partial charge is 0.378 e. The molecule has 0 aliphatic carbocycles. The van der Waals surface area contributed by atoms with Crippen LogP contribution >= 0.6 is 11.6 Å². The fraction of sp³-hybridized carbons (Fsp3) is 1.00. The molecule has 0 heterocycles. The zero-order chi connectivity index (χ0) is 16.1. The molecule has 134 valence electrons.